The molecule has 5 rings (SSSR count). The maximum absolute atomic E-state index is 14.2. The molecule has 4 heterocycles. The molecule has 0 radical (unpaired) electrons. The largest absolute Gasteiger partial charge is 0.269 e. The summed E-state index contributed by atoms with van der Waals surface area (Å²) in [5, 5.41) is 5.12. The van der Waals surface area contributed by atoms with E-state index in [1.165, 1.54) is 28.3 Å². The summed E-state index contributed by atoms with van der Waals surface area (Å²) in [6, 6.07) is 11.9. The smallest absolute Gasteiger partial charge is 0.258 e. The van der Waals surface area contributed by atoms with E-state index in [1.807, 2.05) is 26.0 Å². The second-order valence-electron chi connectivity index (χ2n) is 7.59. The highest BCUT2D eigenvalue weighted by Crippen LogP contribution is 2.23. The Balaban J connectivity index is 1.42. The van der Waals surface area contributed by atoms with Gasteiger partial charge in [0.05, 0.1) is 5.69 Å². The Bertz CT molecular complexity index is 1580. The molecule has 33 heavy (non-hydrogen) atoms. The Hall–Kier alpha value is -3.11. The minimum Gasteiger partial charge on any atom is -0.269 e. The number of thioether (sulfide) groups is 1. The van der Waals surface area contributed by atoms with Crippen molar-refractivity contribution in [2.45, 2.75) is 31.2 Å². The van der Waals surface area contributed by atoms with Gasteiger partial charge in [-0.3, -0.25) is 9.20 Å². The van der Waals surface area contributed by atoms with Gasteiger partial charge in [-0.15, -0.1) is 5.10 Å². The zero-order chi connectivity index (χ0) is 23.1. The van der Waals surface area contributed by atoms with Crippen LogP contribution in [0.5, 0.6) is 0 Å². The quantitative estimate of drug-likeness (QED) is 0.314. The van der Waals surface area contributed by atoms with Gasteiger partial charge in [0, 0.05) is 40.3 Å². The van der Waals surface area contributed by atoms with Gasteiger partial charge >= 0.3 is 0 Å². The van der Waals surface area contributed by atoms with Crippen molar-refractivity contribution in [3.05, 3.63) is 97.5 Å². The van der Waals surface area contributed by atoms with Gasteiger partial charge in [0.15, 0.2) is 0 Å². The van der Waals surface area contributed by atoms with Gasteiger partial charge in [0.2, 0.25) is 5.16 Å². The Morgan fingerprint density at radius 2 is 1.91 bits per heavy atom. The second-order valence-corrected chi connectivity index (χ2v) is 9.44. The van der Waals surface area contributed by atoms with Gasteiger partial charge in [-0.25, -0.2) is 18.9 Å². The lowest BCUT2D eigenvalue weighted by molar-refractivity contribution is 0.613. The first-order chi connectivity index (χ1) is 15.9. The van der Waals surface area contributed by atoms with Crippen molar-refractivity contribution in [3.8, 4) is 0 Å². The number of aryl methyl sites for hydroxylation is 2. The van der Waals surface area contributed by atoms with Gasteiger partial charge in [0.1, 0.15) is 11.5 Å². The molecule has 0 spiro atoms. The topological polar surface area (TPSA) is 77.5 Å². The molecule has 0 saturated heterocycles. The van der Waals surface area contributed by atoms with Crippen molar-refractivity contribution in [1.29, 1.82) is 0 Å². The third-order valence-corrected chi connectivity index (χ3v) is 6.72. The fraction of sp³-hybridized carbons (Fsp3) is 0.174. The van der Waals surface area contributed by atoms with Crippen LogP contribution >= 0.6 is 27.7 Å². The van der Waals surface area contributed by atoms with Gasteiger partial charge < -0.3 is 0 Å². The van der Waals surface area contributed by atoms with Crippen LogP contribution in [0, 0.1) is 19.7 Å². The predicted octanol–water partition coefficient (Wildman–Crippen LogP) is 4.53. The van der Waals surface area contributed by atoms with Gasteiger partial charge in [-0.2, -0.15) is 4.98 Å². The van der Waals surface area contributed by atoms with Crippen molar-refractivity contribution in [2.75, 3.05) is 0 Å². The lowest BCUT2D eigenvalue weighted by Gasteiger charge is -2.10. The molecule has 0 aliphatic carbocycles. The van der Waals surface area contributed by atoms with E-state index in [0.29, 0.717) is 40.0 Å². The van der Waals surface area contributed by atoms with Crippen LogP contribution in [0.25, 0.3) is 11.4 Å². The summed E-state index contributed by atoms with van der Waals surface area (Å²) in [7, 11) is 0. The van der Waals surface area contributed by atoms with E-state index in [4.69, 9.17) is 0 Å². The standard InChI is InChI=1S/C23H18BrFN6OS/c1-13-18(9-15-5-3-4-6-19(15)25)14(2)31-22(26-13)28-23(29-31)33-12-17-10-21(32)30-11-16(24)7-8-20(30)27-17/h3-8,10-11H,9,12H2,1-2H3. The lowest BCUT2D eigenvalue weighted by Crippen LogP contribution is -2.15. The van der Waals surface area contributed by atoms with E-state index in [0.717, 1.165) is 21.4 Å². The normalized spacial score (nSPS) is 11.5. The highest BCUT2D eigenvalue weighted by molar-refractivity contribution is 9.10. The van der Waals surface area contributed by atoms with E-state index in [2.05, 4.69) is 36.0 Å². The predicted molar refractivity (Wildman–Crippen MR) is 128 cm³/mol. The number of pyridine rings is 1. The number of nitrogens with zero attached hydrogens (tertiary/aromatic N) is 6. The zero-order valence-corrected chi connectivity index (χ0v) is 20.2. The number of hydrogen-bond acceptors (Lipinski definition) is 6. The van der Waals surface area contributed by atoms with Crippen LogP contribution in [0.4, 0.5) is 4.39 Å². The molecule has 10 heteroatoms. The van der Waals surface area contributed by atoms with Crippen molar-refractivity contribution in [3.63, 3.8) is 0 Å². The van der Waals surface area contributed by atoms with Crippen LogP contribution in [0.1, 0.15) is 28.2 Å². The summed E-state index contributed by atoms with van der Waals surface area (Å²) >= 11 is 4.75. The number of halogens is 2. The molecule has 0 saturated carbocycles. The first-order valence-electron chi connectivity index (χ1n) is 10.2. The molecule has 0 bridgehead atoms. The average Bonchev–Trinajstić information content (AvgIpc) is 3.20. The summed E-state index contributed by atoms with van der Waals surface area (Å²) in [6.45, 7) is 3.83. The van der Waals surface area contributed by atoms with Crippen LogP contribution < -0.4 is 5.56 Å². The number of benzene rings is 1. The van der Waals surface area contributed by atoms with E-state index >= 15 is 0 Å². The molecule has 4 aromatic heterocycles. The third-order valence-electron chi connectivity index (χ3n) is 5.38. The molecule has 0 N–H and O–H groups in total. The number of rotatable bonds is 5. The first-order valence-corrected chi connectivity index (χ1v) is 11.9. The number of hydrogen-bond donors (Lipinski definition) is 0. The summed E-state index contributed by atoms with van der Waals surface area (Å²) in [5.74, 6) is 0.692. The van der Waals surface area contributed by atoms with Crippen LogP contribution in [0.2, 0.25) is 0 Å². The Morgan fingerprint density at radius 1 is 1.09 bits per heavy atom. The van der Waals surface area contributed by atoms with Crippen molar-refractivity contribution >= 4 is 39.1 Å². The number of aromatic nitrogens is 6. The molecule has 166 valence electrons. The van der Waals surface area contributed by atoms with Crippen molar-refractivity contribution in [2.24, 2.45) is 0 Å². The summed E-state index contributed by atoms with van der Waals surface area (Å²) in [6.07, 6.45) is 2.12. The minimum atomic E-state index is -0.239. The number of fused-ring (bicyclic) bond motifs is 2. The molecule has 7 nitrogen and oxygen atoms in total. The van der Waals surface area contributed by atoms with Gasteiger partial charge in [-0.05, 0) is 59.1 Å². The van der Waals surface area contributed by atoms with E-state index in [-0.39, 0.29) is 11.4 Å². The van der Waals surface area contributed by atoms with Gasteiger partial charge in [0.25, 0.3) is 11.3 Å². The molecule has 0 amide bonds. The summed E-state index contributed by atoms with van der Waals surface area (Å²) < 4.78 is 18.2. The van der Waals surface area contributed by atoms with Crippen LogP contribution in [0.15, 0.2) is 63.1 Å². The zero-order valence-electron chi connectivity index (χ0n) is 17.8. The van der Waals surface area contributed by atoms with Crippen LogP contribution in [0.3, 0.4) is 0 Å². The first kappa shape index (κ1) is 21.7. The molecule has 0 atom stereocenters. The maximum atomic E-state index is 14.2. The lowest BCUT2D eigenvalue weighted by atomic mass is 10.0. The molecule has 0 aliphatic heterocycles. The maximum Gasteiger partial charge on any atom is 0.258 e. The third kappa shape index (κ3) is 4.28. The molecule has 0 unspecified atom stereocenters. The average molecular weight is 525 g/mol. The second kappa shape index (κ2) is 8.68. The van der Waals surface area contributed by atoms with Crippen LogP contribution in [-0.4, -0.2) is 29.0 Å². The molecule has 1 aromatic carbocycles. The fourth-order valence-corrected chi connectivity index (χ4v) is 4.73. The Morgan fingerprint density at radius 3 is 2.73 bits per heavy atom. The Labute approximate surface area is 200 Å². The molecule has 0 fully saturated rings. The van der Waals surface area contributed by atoms with Gasteiger partial charge in [-0.1, -0.05) is 30.0 Å². The molecular formula is C23H18BrFN6OS. The van der Waals surface area contributed by atoms with E-state index in [9.17, 15) is 9.18 Å². The summed E-state index contributed by atoms with van der Waals surface area (Å²) in [5.41, 5.74) is 4.27. The van der Waals surface area contributed by atoms with Crippen molar-refractivity contribution in [1.82, 2.24) is 29.0 Å². The summed E-state index contributed by atoms with van der Waals surface area (Å²) in [4.78, 5) is 26.1. The van der Waals surface area contributed by atoms with E-state index in [1.54, 1.807) is 28.9 Å². The molecular weight excluding hydrogens is 507 g/mol. The SMILES string of the molecule is Cc1nc2nc(SCc3cc(=O)n4cc(Br)ccc4n3)nn2c(C)c1Cc1ccccc1F. The van der Waals surface area contributed by atoms with Crippen molar-refractivity contribution < 1.29 is 4.39 Å². The highest BCUT2D eigenvalue weighted by Gasteiger charge is 2.16. The molecule has 0 aliphatic rings. The fourth-order valence-electron chi connectivity index (χ4n) is 3.68. The Kier molecular flexibility index (Phi) is 5.71. The van der Waals surface area contributed by atoms with Crippen LogP contribution in [-0.2, 0) is 12.2 Å². The monoisotopic (exact) mass is 524 g/mol. The van der Waals surface area contributed by atoms with E-state index < -0.39 is 0 Å². The highest BCUT2D eigenvalue weighted by atomic mass is 79.9. The molecule has 5 aromatic rings. The minimum absolute atomic E-state index is 0.147.